The van der Waals surface area contributed by atoms with Gasteiger partial charge in [-0.15, -0.1) is 0 Å². The van der Waals surface area contributed by atoms with Gasteiger partial charge in [-0.05, 0) is 40.9 Å². The highest BCUT2D eigenvalue weighted by atomic mass is 127. The standard InChI is InChI=1S/C18H19BrIN7S/c1-25(11-4-5-11)18-23-10-12(19)17(24-18)27(20)14-7-6-13-15(22-9-8-21-13)16(14)26(2)28-3/h6-11H,4-5H2,1-3H3. The summed E-state index contributed by atoms with van der Waals surface area (Å²) in [5, 5.41) is 0. The van der Waals surface area contributed by atoms with Crippen molar-refractivity contribution < 1.29 is 0 Å². The maximum atomic E-state index is 4.84. The van der Waals surface area contributed by atoms with Crippen molar-refractivity contribution in [3.63, 3.8) is 0 Å². The van der Waals surface area contributed by atoms with Crippen molar-refractivity contribution in [1.82, 2.24) is 19.9 Å². The lowest BCUT2D eigenvalue weighted by Gasteiger charge is -2.26. The lowest BCUT2D eigenvalue weighted by molar-refractivity contribution is 0.860. The van der Waals surface area contributed by atoms with Crippen LogP contribution < -0.4 is 12.3 Å². The summed E-state index contributed by atoms with van der Waals surface area (Å²) in [7, 11) is 4.09. The number of aromatic nitrogens is 4. The van der Waals surface area contributed by atoms with Crippen LogP contribution in [0.15, 0.2) is 35.2 Å². The molecule has 3 aromatic rings. The third-order valence-corrected chi connectivity index (χ3v) is 6.97. The van der Waals surface area contributed by atoms with Gasteiger partial charge < -0.3 is 9.21 Å². The molecule has 0 atom stereocenters. The first-order valence-corrected chi connectivity index (χ1v) is 11.7. The van der Waals surface area contributed by atoms with Gasteiger partial charge >= 0.3 is 0 Å². The summed E-state index contributed by atoms with van der Waals surface area (Å²) in [5.41, 5.74) is 3.71. The molecule has 1 aromatic carbocycles. The average Bonchev–Trinajstić information content (AvgIpc) is 3.57. The molecule has 0 spiro atoms. The minimum absolute atomic E-state index is 0.547. The van der Waals surface area contributed by atoms with Gasteiger partial charge in [-0.3, -0.25) is 13.1 Å². The molecule has 2 heterocycles. The molecule has 1 fully saturated rings. The average molecular weight is 572 g/mol. The largest absolute Gasteiger partial charge is 0.341 e. The zero-order valence-electron chi connectivity index (χ0n) is 15.7. The summed E-state index contributed by atoms with van der Waals surface area (Å²) in [4.78, 5) is 20.5. The molecule has 7 nitrogen and oxygen atoms in total. The second kappa shape index (κ2) is 8.15. The fourth-order valence-electron chi connectivity index (χ4n) is 2.97. The number of nitrogens with zero attached hydrogens (tertiary/aromatic N) is 7. The molecule has 0 radical (unpaired) electrons. The minimum atomic E-state index is 0.547. The fraction of sp³-hybridized carbons (Fsp3) is 0.333. The van der Waals surface area contributed by atoms with Gasteiger partial charge in [0, 0.05) is 45.0 Å². The molecular weight excluding hydrogens is 553 g/mol. The number of fused-ring (bicyclic) bond motifs is 1. The molecule has 1 aliphatic rings. The summed E-state index contributed by atoms with van der Waals surface area (Å²) in [6.07, 6.45) is 9.70. The summed E-state index contributed by atoms with van der Waals surface area (Å²) < 4.78 is 4.99. The van der Waals surface area contributed by atoms with Gasteiger partial charge in [0.15, 0.2) is 5.82 Å². The predicted molar refractivity (Wildman–Crippen MR) is 129 cm³/mol. The second-order valence-corrected chi connectivity index (χ2v) is 9.23. The Morgan fingerprint density at radius 2 is 1.89 bits per heavy atom. The Kier molecular flexibility index (Phi) is 5.79. The first-order valence-electron chi connectivity index (χ1n) is 8.74. The first-order chi connectivity index (χ1) is 13.5. The molecular formula is C18H19BrIN7S. The van der Waals surface area contributed by atoms with Crippen LogP contribution in [0.2, 0.25) is 0 Å². The van der Waals surface area contributed by atoms with E-state index in [0.717, 1.165) is 38.6 Å². The zero-order valence-corrected chi connectivity index (χ0v) is 20.2. The molecule has 4 rings (SSSR count). The number of halogens is 2. The van der Waals surface area contributed by atoms with Crippen LogP contribution in [0.1, 0.15) is 12.8 Å². The molecule has 0 saturated heterocycles. The van der Waals surface area contributed by atoms with E-state index in [-0.39, 0.29) is 0 Å². The van der Waals surface area contributed by atoms with Gasteiger partial charge in [0.25, 0.3) is 0 Å². The van der Waals surface area contributed by atoms with Crippen LogP contribution in [0.25, 0.3) is 11.0 Å². The highest BCUT2D eigenvalue weighted by Gasteiger charge is 2.29. The lowest BCUT2D eigenvalue weighted by Crippen LogP contribution is -2.22. The highest BCUT2D eigenvalue weighted by molar-refractivity contribution is 14.1. The molecule has 0 bridgehead atoms. The van der Waals surface area contributed by atoms with E-state index in [1.165, 1.54) is 12.8 Å². The van der Waals surface area contributed by atoms with Crippen molar-refractivity contribution in [2.24, 2.45) is 0 Å². The molecule has 1 aliphatic carbocycles. The first kappa shape index (κ1) is 19.9. The zero-order chi connectivity index (χ0) is 19.8. The van der Waals surface area contributed by atoms with Crippen LogP contribution in [0.3, 0.4) is 0 Å². The monoisotopic (exact) mass is 571 g/mol. The number of benzene rings is 1. The molecule has 146 valence electrons. The van der Waals surface area contributed by atoms with Crippen LogP contribution in [-0.2, 0) is 0 Å². The lowest BCUT2D eigenvalue weighted by atomic mass is 10.2. The van der Waals surface area contributed by atoms with Gasteiger partial charge in [0.05, 0.1) is 44.2 Å². The van der Waals surface area contributed by atoms with Crippen LogP contribution >= 0.6 is 50.7 Å². The number of hydrogen-bond acceptors (Lipinski definition) is 8. The Bertz CT molecular complexity index is 1020. The third kappa shape index (κ3) is 3.73. The summed E-state index contributed by atoms with van der Waals surface area (Å²) in [6.45, 7) is 0. The van der Waals surface area contributed by atoms with E-state index in [1.807, 2.05) is 28.7 Å². The normalized spacial score (nSPS) is 13.6. The van der Waals surface area contributed by atoms with Crippen LogP contribution in [-0.4, -0.2) is 46.3 Å². The summed E-state index contributed by atoms with van der Waals surface area (Å²) in [6, 6.07) is 4.60. The van der Waals surface area contributed by atoms with E-state index < -0.39 is 0 Å². The Morgan fingerprint density at radius 3 is 2.61 bits per heavy atom. The van der Waals surface area contributed by atoms with E-state index in [0.29, 0.717) is 6.04 Å². The third-order valence-electron chi connectivity index (χ3n) is 4.70. The Labute approximate surface area is 190 Å². The van der Waals surface area contributed by atoms with Gasteiger partial charge in [0.1, 0.15) is 5.52 Å². The van der Waals surface area contributed by atoms with Crippen molar-refractivity contribution in [2.75, 3.05) is 32.7 Å². The van der Waals surface area contributed by atoms with E-state index in [2.05, 4.69) is 76.1 Å². The maximum absolute atomic E-state index is 4.84. The van der Waals surface area contributed by atoms with Gasteiger partial charge in [-0.25, -0.2) is 4.98 Å². The van der Waals surface area contributed by atoms with Crippen molar-refractivity contribution in [2.45, 2.75) is 18.9 Å². The van der Waals surface area contributed by atoms with Gasteiger partial charge in [-0.2, -0.15) is 4.98 Å². The molecule has 10 heteroatoms. The van der Waals surface area contributed by atoms with Crippen LogP contribution in [0, 0.1) is 0 Å². The quantitative estimate of drug-likeness (QED) is 0.233. The Balaban J connectivity index is 1.83. The SMILES string of the molecule is CSN(C)c1c(N(I)c2nc(N(C)C3CC3)ncc2Br)ccc2nccnc12. The molecule has 2 aromatic heterocycles. The van der Waals surface area contributed by atoms with E-state index in [9.17, 15) is 0 Å². The smallest absolute Gasteiger partial charge is 0.227 e. The van der Waals surface area contributed by atoms with E-state index in [4.69, 9.17) is 4.98 Å². The van der Waals surface area contributed by atoms with Gasteiger partial charge in [-0.1, -0.05) is 11.9 Å². The maximum Gasteiger partial charge on any atom is 0.227 e. The van der Waals surface area contributed by atoms with Crippen molar-refractivity contribution in [3.8, 4) is 0 Å². The predicted octanol–water partition coefficient (Wildman–Crippen LogP) is 4.98. The molecule has 0 N–H and O–H groups in total. The van der Waals surface area contributed by atoms with Crippen LogP contribution in [0.4, 0.5) is 23.1 Å². The summed E-state index contributed by atoms with van der Waals surface area (Å²) >= 11 is 7.54. The molecule has 0 aliphatic heterocycles. The number of hydrogen-bond donors (Lipinski definition) is 0. The Hall–Kier alpha value is -1.40. The van der Waals surface area contributed by atoms with Crippen molar-refractivity contribution in [1.29, 1.82) is 0 Å². The van der Waals surface area contributed by atoms with Crippen LogP contribution in [0.5, 0.6) is 0 Å². The number of anilines is 4. The molecule has 0 amide bonds. The second-order valence-electron chi connectivity index (χ2n) is 6.50. The molecule has 1 saturated carbocycles. The topological polar surface area (TPSA) is 61.3 Å². The van der Waals surface area contributed by atoms with E-state index >= 15 is 0 Å². The number of rotatable bonds is 6. The van der Waals surface area contributed by atoms with E-state index in [1.54, 1.807) is 24.3 Å². The molecule has 0 unspecified atom stereocenters. The molecule has 28 heavy (non-hydrogen) atoms. The highest BCUT2D eigenvalue weighted by Crippen LogP contribution is 2.43. The van der Waals surface area contributed by atoms with Crippen molar-refractivity contribution >= 4 is 84.9 Å². The Morgan fingerprint density at radius 1 is 1.14 bits per heavy atom. The van der Waals surface area contributed by atoms with Gasteiger partial charge in [0.2, 0.25) is 5.95 Å². The fourth-order valence-corrected chi connectivity index (χ4v) is 4.79. The minimum Gasteiger partial charge on any atom is -0.341 e. The van der Waals surface area contributed by atoms with Crippen molar-refractivity contribution in [3.05, 3.63) is 35.2 Å². The summed E-state index contributed by atoms with van der Waals surface area (Å²) in [5.74, 6) is 1.54.